The van der Waals surface area contributed by atoms with Crippen LogP contribution in [0.3, 0.4) is 0 Å². The van der Waals surface area contributed by atoms with Gasteiger partial charge in [0, 0.05) is 28.5 Å². The first-order chi connectivity index (χ1) is 6.79. The van der Waals surface area contributed by atoms with E-state index in [9.17, 15) is 0 Å². The third kappa shape index (κ3) is 2.04. The van der Waals surface area contributed by atoms with E-state index in [0.29, 0.717) is 5.33 Å². The highest BCUT2D eigenvalue weighted by atomic mass is 79.9. The summed E-state index contributed by atoms with van der Waals surface area (Å²) < 4.78 is 6.00. The van der Waals surface area contributed by atoms with E-state index in [1.165, 1.54) is 0 Å². The minimum absolute atomic E-state index is 0.668. The van der Waals surface area contributed by atoms with E-state index in [0.717, 1.165) is 21.5 Å². The van der Waals surface area contributed by atoms with E-state index in [2.05, 4.69) is 42.0 Å². The lowest BCUT2D eigenvalue weighted by Crippen LogP contribution is -1.79. The van der Waals surface area contributed by atoms with Crippen molar-refractivity contribution in [1.29, 1.82) is 0 Å². The molecule has 0 saturated carbocycles. The zero-order chi connectivity index (χ0) is 9.97. The molecule has 0 radical (unpaired) electrons. The molecular weight excluding hydrogens is 312 g/mol. The number of nitrogens with zero attached hydrogens (tertiary/aromatic N) is 2. The summed E-state index contributed by atoms with van der Waals surface area (Å²) in [5, 5.41) is 4.60. The first-order valence-electron chi connectivity index (χ1n) is 3.92. The lowest BCUT2D eigenvalue weighted by atomic mass is 10.2. The predicted molar refractivity (Wildman–Crippen MR) is 60.1 cm³/mol. The summed E-state index contributed by atoms with van der Waals surface area (Å²) in [4.78, 5) is 4.06. The first-order valence-corrected chi connectivity index (χ1v) is 5.83. The van der Waals surface area contributed by atoms with Gasteiger partial charge in [0.1, 0.15) is 11.5 Å². The van der Waals surface area contributed by atoms with Crippen LogP contribution in [0.2, 0.25) is 0 Å². The van der Waals surface area contributed by atoms with Crippen molar-refractivity contribution in [1.82, 2.24) is 10.1 Å². The number of pyridine rings is 1. The molecule has 0 spiro atoms. The Morgan fingerprint density at radius 2 is 2.14 bits per heavy atom. The van der Waals surface area contributed by atoms with E-state index in [1.807, 2.05) is 12.1 Å². The second kappa shape index (κ2) is 4.23. The van der Waals surface area contributed by atoms with Gasteiger partial charge in [0.2, 0.25) is 0 Å². The van der Waals surface area contributed by atoms with Crippen LogP contribution in [0.4, 0.5) is 0 Å². The fraction of sp³-hybridized carbons (Fsp3) is 0.111. The molecule has 0 saturated heterocycles. The largest absolute Gasteiger partial charge is 0.360 e. The smallest absolute Gasteiger partial charge is 0.147 e. The van der Waals surface area contributed by atoms with Crippen molar-refractivity contribution in [3.8, 4) is 11.3 Å². The molecule has 2 aromatic rings. The summed E-state index contributed by atoms with van der Waals surface area (Å²) in [6, 6.07) is 3.83. The van der Waals surface area contributed by atoms with Gasteiger partial charge in [-0.25, -0.2) is 0 Å². The highest BCUT2D eigenvalue weighted by Crippen LogP contribution is 2.22. The maximum Gasteiger partial charge on any atom is 0.147 e. The molecule has 0 aromatic carbocycles. The highest BCUT2D eigenvalue weighted by Gasteiger charge is 2.05. The van der Waals surface area contributed by atoms with E-state index in [-0.39, 0.29) is 0 Å². The Bertz CT molecular complexity index is 442. The maximum atomic E-state index is 5.07. The van der Waals surface area contributed by atoms with Crippen molar-refractivity contribution in [2.45, 2.75) is 5.33 Å². The van der Waals surface area contributed by atoms with E-state index in [4.69, 9.17) is 4.52 Å². The third-order valence-electron chi connectivity index (χ3n) is 1.69. The van der Waals surface area contributed by atoms with Gasteiger partial charge in [-0.1, -0.05) is 21.1 Å². The third-order valence-corrected chi connectivity index (χ3v) is 2.68. The first kappa shape index (κ1) is 9.86. The van der Waals surface area contributed by atoms with Crippen molar-refractivity contribution >= 4 is 31.9 Å². The summed E-state index contributed by atoms with van der Waals surface area (Å²) in [6.07, 6.45) is 3.48. The lowest BCUT2D eigenvalue weighted by Gasteiger charge is -1.93. The Morgan fingerprint density at radius 1 is 1.29 bits per heavy atom. The minimum Gasteiger partial charge on any atom is -0.360 e. The topological polar surface area (TPSA) is 38.9 Å². The zero-order valence-corrected chi connectivity index (χ0v) is 10.2. The van der Waals surface area contributed by atoms with Crippen molar-refractivity contribution in [3.05, 3.63) is 34.8 Å². The van der Waals surface area contributed by atoms with E-state index >= 15 is 0 Å². The number of hydrogen-bond acceptors (Lipinski definition) is 3. The zero-order valence-electron chi connectivity index (χ0n) is 7.08. The van der Waals surface area contributed by atoms with Gasteiger partial charge >= 0.3 is 0 Å². The standard InChI is InChI=1S/C9H6Br2N2O/c10-3-8-2-9(13-14-8)6-1-7(11)5-12-4-6/h1-2,4-5H,3H2. The fourth-order valence-corrected chi connectivity index (χ4v) is 1.69. The van der Waals surface area contributed by atoms with E-state index in [1.54, 1.807) is 12.4 Å². The molecule has 0 unspecified atom stereocenters. The van der Waals surface area contributed by atoms with Crippen LogP contribution in [0.15, 0.2) is 33.5 Å². The van der Waals surface area contributed by atoms with Crippen LogP contribution in [-0.2, 0) is 5.33 Å². The summed E-state index contributed by atoms with van der Waals surface area (Å²) in [5.41, 5.74) is 1.74. The molecule has 5 heteroatoms. The Hall–Kier alpha value is -0.680. The van der Waals surface area contributed by atoms with Gasteiger partial charge in [-0.05, 0) is 22.0 Å². The SMILES string of the molecule is BrCc1cc(-c2cncc(Br)c2)no1. The molecule has 2 rings (SSSR count). The van der Waals surface area contributed by atoms with Crippen LogP contribution >= 0.6 is 31.9 Å². The average Bonchev–Trinajstić information content (AvgIpc) is 2.66. The molecule has 0 amide bonds. The lowest BCUT2D eigenvalue weighted by molar-refractivity contribution is 0.398. The summed E-state index contributed by atoms with van der Waals surface area (Å²) >= 11 is 6.65. The second-order valence-corrected chi connectivity index (χ2v) is 4.18. The molecule has 2 heterocycles. The minimum atomic E-state index is 0.668. The van der Waals surface area contributed by atoms with Gasteiger partial charge < -0.3 is 4.52 Å². The Morgan fingerprint density at radius 3 is 2.79 bits per heavy atom. The number of halogens is 2. The van der Waals surface area contributed by atoms with Gasteiger partial charge in [-0.2, -0.15) is 0 Å². The molecule has 0 fully saturated rings. The van der Waals surface area contributed by atoms with Crippen molar-refractivity contribution < 1.29 is 4.52 Å². The summed E-state index contributed by atoms with van der Waals surface area (Å²) in [7, 11) is 0. The van der Waals surface area contributed by atoms with E-state index < -0.39 is 0 Å². The Balaban J connectivity index is 2.39. The number of rotatable bonds is 2. The quantitative estimate of drug-likeness (QED) is 0.797. The molecule has 0 aliphatic carbocycles. The Labute approximate surface area is 97.8 Å². The number of aromatic nitrogens is 2. The highest BCUT2D eigenvalue weighted by molar-refractivity contribution is 9.10. The predicted octanol–water partition coefficient (Wildman–Crippen LogP) is 3.39. The Kier molecular flexibility index (Phi) is 2.98. The van der Waals surface area contributed by atoms with Gasteiger partial charge in [-0.15, -0.1) is 0 Å². The summed E-state index contributed by atoms with van der Waals surface area (Å²) in [6.45, 7) is 0. The van der Waals surface area contributed by atoms with Crippen LogP contribution in [0.25, 0.3) is 11.3 Å². The van der Waals surface area contributed by atoms with Crippen molar-refractivity contribution in [2.75, 3.05) is 0 Å². The number of hydrogen-bond donors (Lipinski definition) is 0. The van der Waals surface area contributed by atoms with Crippen LogP contribution in [0.1, 0.15) is 5.76 Å². The van der Waals surface area contributed by atoms with Gasteiger partial charge in [-0.3, -0.25) is 4.98 Å². The fourth-order valence-electron chi connectivity index (χ4n) is 1.06. The monoisotopic (exact) mass is 316 g/mol. The molecule has 3 nitrogen and oxygen atoms in total. The van der Waals surface area contributed by atoms with Gasteiger partial charge in [0.05, 0.1) is 5.33 Å². The molecule has 14 heavy (non-hydrogen) atoms. The molecule has 0 N–H and O–H groups in total. The van der Waals surface area contributed by atoms with Crippen LogP contribution in [0, 0.1) is 0 Å². The molecule has 0 atom stereocenters. The van der Waals surface area contributed by atoms with Crippen LogP contribution in [0.5, 0.6) is 0 Å². The van der Waals surface area contributed by atoms with Gasteiger partial charge in [0.15, 0.2) is 0 Å². The van der Waals surface area contributed by atoms with Gasteiger partial charge in [0.25, 0.3) is 0 Å². The molecule has 72 valence electrons. The number of alkyl halides is 1. The van der Waals surface area contributed by atoms with Crippen LogP contribution in [-0.4, -0.2) is 10.1 Å². The molecule has 0 bridgehead atoms. The second-order valence-electron chi connectivity index (χ2n) is 2.70. The summed E-state index contributed by atoms with van der Waals surface area (Å²) in [5.74, 6) is 0.806. The normalized spacial score (nSPS) is 10.4. The molecule has 0 aliphatic heterocycles. The molecule has 2 aromatic heterocycles. The van der Waals surface area contributed by atoms with Crippen LogP contribution < -0.4 is 0 Å². The average molecular weight is 318 g/mol. The molecular formula is C9H6Br2N2O. The van der Waals surface area contributed by atoms with Crippen molar-refractivity contribution in [3.63, 3.8) is 0 Å². The van der Waals surface area contributed by atoms with Crippen molar-refractivity contribution in [2.24, 2.45) is 0 Å². The molecule has 0 aliphatic rings. The maximum absolute atomic E-state index is 5.07.